The van der Waals surface area contributed by atoms with E-state index in [-0.39, 0.29) is 22.8 Å². The van der Waals surface area contributed by atoms with Crippen molar-refractivity contribution in [3.63, 3.8) is 0 Å². The molecule has 0 saturated carbocycles. The van der Waals surface area contributed by atoms with Crippen molar-refractivity contribution in [1.29, 1.82) is 0 Å². The van der Waals surface area contributed by atoms with E-state index in [9.17, 15) is 19.5 Å². The van der Waals surface area contributed by atoms with E-state index in [1.54, 1.807) is 12.1 Å². The van der Waals surface area contributed by atoms with Crippen molar-refractivity contribution in [1.82, 2.24) is 10.6 Å². The summed E-state index contributed by atoms with van der Waals surface area (Å²) in [4.78, 5) is 39.5. The number of anilines is 1. The molecule has 10 N–H and O–H groups in total. The van der Waals surface area contributed by atoms with E-state index in [1.165, 1.54) is 30.3 Å². The summed E-state index contributed by atoms with van der Waals surface area (Å²) in [6.45, 7) is -0.426. The highest BCUT2D eigenvalue weighted by atomic mass is 16.4. The molecule has 0 aliphatic carbocycles. The van der Waals surface area contributed by atoms with E-state index in [0.29, 0.717) is 11.4 Å². The third-order valence-corrected chi connectivity index (χ3v) is 3.92. The number of aromatic hydroxyl groups is 1. The predicted octanol–water partition coefficient (Wildman–Crippen LogP) is -0.0587. The Morgan fingerprint density at radius 2 is 1.83 bits per heavy atom. The van der Waals surface area contributed by atoms with Gasteiger partial charge in [0.05, 0.1) is 24.7 Å². The molecule has 0 bridgehead atoms. The Morgan fingerprint density at radius 1 is 1.10 bits per heavy atom. The van der Waals surface area contributed by atoms with Crippen LogP contribution in [0.2, 0.25) is 0 Å². The number of rotatable bonds is 8. The Balaban J connectivity index is 2.05. The number of hydrogen-bond acceptors (Lipinski definition) is 6. The number of carbonyl (C=O) groups is 3. The lowest BCUT2D eigenvalue weighted by molar-refractivity contribution is -0.137. The molecule has 0 saturated heterocycles. The van der Waals surface area contributed by atoms with Crippen LogP contribution in [0.25, 0.3) is 0 Å². The zero-order chi connectivity index (χ0) is 22.3. The van der Waals surface area contributed by atoms with Crippen LogP contribution in [0.1, 0.15) is 28.4 Å². The summed E-state index contributed by atoms with van der Waals surface area (Å²) in [5, 5.41) is 24.0. The summed E-state index contributed by atoms with van der Waals surface area (Å²) >= 11 is 0. The molecule has 11 heteroatoms. The summed E-state index contributed by atoms with van der Waals surface area (Å²) in [6, 6.07) is 9.19. The second kappa shape index (κ2) is 9.78. The number of benzene rings is 2. The first kappa shape index (κ1) is 22.0. The first-order valence-corrected chi connectivity index (χ1v) is 8.73. The van der Waals surface area contributed by atoms with Crippen LogP contribution in [0.3, 0.4) is 0 Å². The van der Waals surface area contributed by atoms with Crippen LogP contribution in [-0.2, 0) is 9.59 Å². The number of phenolic OH excluding ortho intramolecular Hbond substituents is 1. The standard InChI is InChI=1S/C19H22N6O5/c20-11-4-5-15(26)13(7-11)14(8-17(28)29)25-16(27)9-23-18(30)10-2-1-3-12(6-10)24-19(21)22/h1-7,14,26H,8-9,20H2,(H,23,30)(H,25,27)(H,28,29)(H4,21,22,24). The van der Waals surface area contributed by atoms with Gasteiger partial charge >= 0.3 is 5.97 Å². The second-order valence-electron chi connectivity index (χ2n) is 6.31. The molecule has 0 heterocycles. The number of hydrogen-bond donors (Lipinski definition) is 7. The number of carbonyl (C=O) groups excluding carboxylic acids is 2. The van der Waals surface area contributed by atoms with Crippen LogP contribution < -0.4 is 27.8 Å². The van der Waals surface area contributed by atoms with Crippen molar-refractivity contribution in [2.45, 2.75) is 12.5 Å². The number of nitrogens with two attached hydrogens (primary N) is 3. The Kier molecular flexibility index (Phi) is 7.17. The van der Waals surface area contributed by atoms with Gasteiger partial charge in [0.25, 0.3) is 5.91 Å². The number of aliphatic imine (C=N–C) groups is 1. The van der Waals surface area contributed by atoms with Crippen molar-refractivity contribution in [2.75, 3.05) is 12.3 Å². The second-order valence-corrected chi connectivity index (χ2v) is 6.31. The molecule has 1 atom stereocenters. The monoisotopic (exact) mass is 414 g/mol. The Hall–Kier alpha value is -4.28. The van der Waals surface area contributed by atoms with Crippen LogP contribution in [0, 0.1) is 0 Å². The molecule has 0 aromatic heterocycles. The maximum atomic E-state index is 12.3. The van der Waals surface area contributed by atoms with E-state index >= 15 is 0 Å². The molecule has 0 fully saturated rings. The van der Waals surface area contributed by atoms with Crippen molar-refractivity contribution in [2.24, 2.45) is 16.5 Å². The molecule has 11 nitrogen and oxygen atoms in total. The molecule has 30 heavy (non-hydrogen) atoms. The third kappa shape index (κ3) is 6.41. The molecule has 2 rings (SSSR count). The van der Waals surface area contributed by atoms with Gasteiger partial charge in [0.2, 0.25) is 5.91 Å². The van der Waals surface area contributed by atoms with Gasteiger partial charge in [-0.25, -0.2) is 4.99 Å². The highest BCUT2D eigenvalue weighted by molar-refractivity contribution is 5.97. The SMILES string of the molecule is NC(N)=Nc1cccc(C(=O)NCC(=O)NC(CC(=O)O)c2cc(N)ccc2O)c1. The van der Waals surface area contributed by atoms with E-state index in [1.807, 2.05) is 0 Å². The third-order valence-electron chi connectivity index (χ3n) is 3.92. The van der Waals surface area contributed by atoms with Crippen LogP contribution >= 0.6 is 0 Å². The van der Waals surface area contributed by atoms with Crippen LogP contribution in [0.5, 0.6) is 5.75 Å². The Labute approximate surface area is 171 Å². The van der Waals surface area contributed by atoms with Gasteiger partial charge in [0.1, 0.15) is 5.75 Å². The molecular formula is C19H22N6O5. The minimum Gasteiger partial charge on any atom is -0.508 e. The largest absolute Gasteiger partial charge is 0.508 e. The number of nitrogens with one attached hydrogen (secondary N) is 2. The fourth-order valence-corrected chi connectivity index (χ4v) is 2.64. The number of amides is 2. The van der Waals surface area contributed by atoms with Gasteiger partial charge in [-0.2, -0.15) is 0 Å². The van der Waals surface area contributed by atoms with E-state index in [4.69, 9.17) is 22.3 Å². The van der Waals surface area contributed by atoms with Crippen molar-refractivity contribution >= 4 is 35.1 Å². The molecule has 0 aliphatic heterocycles. The van der Waals surface area contributed by atoms with Gasteiger partial charge in [-0.3, -0.25) is 14.4 Å². The van der Waals surface area contributed by atoms with Gasteiger partial charge in [-0.05, 0) is 36.4 Å². The van der Waals surface area contributed by atoms with E-state index < -0.39 is 36.8 Å². The van der Waals surface area contributed by atoms with Crippen LogP contribution in [0.15, 0.2) is 47.5 Å². The normalized spacial score (nSPS) is 11.2. The fraction of sp³-hybridized carbons (Fsp3) is 0.158. The highest BCUT2D eigenvalue weighted by Crippen LogP contribution is 2.28. The minimum absolute atomic E-state index is 0.155. The van der Waals surface area contributed by atoms with Gasteiger partial charge in [0.15, 0.2) is 5.96 Å². The van der Waals surface area contributed by atoms with Gasteiger partial charge < -0.3 is 38.0 Å². The quantitative estimate of drug-likeness (QED) is 0.134. The molecular weight excluding hydrogens is 392 g/mol. The maximum Gasteiger partial charge on any atom is 0.305 e. The maximum absolute atomic E-state index is 12.3. The minimum atomic E-state index is -1.19. The summed E-state index contributed by atoms with van der Waals surface area (Å²) in [6.07, 6.45) is -0.489. The number of guanidine groups is 1. The predicted molar refractivity (Wildman–Crippen MR) is 110 cm³/mol. The summed E-state index contributed by atoms with van der Waals surface area (Å²) in [5.74, 6) is -2.78. The lowest BCUT2D eigenvalue weighted by Gasteiger charge is -2.19. The fourth-order valence-electron chi connectivity index (χ4n) is 2.64. The molecule has 2 amide bonds. The molecule has 2 aromatic rings. The number of carboxylic acid groups (broad SMARTS) is 1. The number of aliphatic carboxylic acids is 1. The number of phenols is 1. The molecule has 0 aliphatic rings. The van der Waals surface area contributed by atoms with Crippen LogP contribution in [-0.4, -0.2) is 40.5 Å². The summed E-state index contributed by atoms with van der Waals surface area (Å²) in [7, 11) is 0. The number of carboxylic acids is 1. The zero-order valence-corrected chi connectivity index (χ0v) is 15.8. The first-order chi connectivity index (χ1) is 14.2. The Bertz CT molecular complexity index is 987. The van der Waals surface area contributed by atoms with Gasteiger partial charge in [-0.15, -0.1) is 0 Å². The molecule has 158 valence electrons. The van der Waals surface area contributed by atoms with E-state index in [0.717, 1.165) is 0 Å². The molecule has 1 unspecified atom stereocenters. The average Bonchev–Trinajstić information content (AvgIpc) is 2.67. The van der Waals surface area contributed by atoms with E-state index in [2.05, 4.69) is 15.6 Å². The van der Waals surface area contributed by atoms with Crippen molar-refractivity contribution in [3.05, 3.63) is 53.6 Å². The lowest BCUT2D eigenvalue weighted by Crippen LogP contribution is -2.39. The molecule has 0 spiro atoms. The summed E-state index contributed by atoms with van der Waals surface area (Å²) < 4.78 is 0. The summed E-state index contributed by atoms with van der Waals surface area (Å²) in [5.41, 5.74) is 17.3. The molecule has 0 radical (unpaired) electrons. The average molecular weight is 414 g/mol. The number of nitrogens with zero attached hydrogens (tertiary/aromatic N) is 1. The Morgan fingerprint density at radius 3 is 2.50 bits per heavy atom. The van der Waals surface area contributed by atoms with Crippen molar-refractivity contribution < 1.29 is 24.6 Å². The molecule has 2 aromatic carbocycles. The van der Waals surface area contributed by atoms with Crippen molar-refractivity contribution in [3.8, 4) is 5.75 Å². The smallest absolute Gasteiger partial charge is 0.305 e. The van der Waals surface area contributed by atoms with Gasteiger partial charge in [-0.1, -0.05) is 6.07 Å². The lowest BCUT2D eigenvalue weighted by atomic mass is 10.0. The van der Waals surface area contributed by atoms with Crippen LogP contribution in [0.4, 0.5) is 11.4 Å². The van der Waals surface area contributed by atoms with Gasteiger partial charge in [0, 0.05) is 16.8 Å². The zero-order valence-electron chi connectivity index (χ0n) is 15.8. The number of nitrogen functional groups attached to an aromatic ring is 1. The topological polar surface area (TPSA) is 206 Å². The first-order valence-electron chi connectivity index (χ1n) is 8.73. The highest BCUT2D eigenvalue weighted by Gasteiger charge is 2.21.